The number of halogens is 2. The maximum Gasteiger partial charge on any atom is 0.290 e. The van der Waals surface area contributed by atoms with Crippen molar-refractivity contribution in [1.82, 2.24) is 10.2 Å². The molecule has 1 unspecified atom stereocenters. The summed E-state index contributed by atoms with van der Waals surface area (Å²) in [5, 5.41) is 3.21. The molecule has 0 aliphatic carbocycles. The van der Waals surface area contributed by atoms with Crippen molar-refractivity contribution in [2.75, 3.05) is 20.1 Å². The molecule has 0 aromatic carbocycles. The van der Waals surface area contributed by atoms with E-state index >= 15 is 0 Å². The molecule has 1 saturated heterocycles. The first-order chi connectivity index (χ1) is 7.72. The second-order valence-corrected chi connectivity index (χ2v) is 4.83. The van der Waals surface area contributed by atoms with Crippen LogP contribution in [0, 0.1) is 0 Å². The molecular formula is C11H16BrClN2O2. The number of nitrogens with zero attached hydrogens (tertiary/aromatic N) is 1. The molecule has 0 saturated carbocycles. The first kappa shape index (κ1) is 14.5. The van der Waals surface area contributed by atoms with Crippen molar-refractivity contribution in [2.24, 2.45) is 0 Å². The highest BCUT2D eigenvalue weighted by Crippen LogP contribution is 2.21. The fourth-order valence-electron chi connectivity index (χ4n) is 1.99. The number of amides is 1. The van der Waals surface area contributed by atoms with Crippen LogP contribution in [0.4, 0.5) is 0 Å². The Balaban J connectivity index is 0.00000144. The van der Waals surface area contributed by atoms with E-state index in [9.17, 15) is 4.79 Å². The molecule has 96 valence electrons. The summed E-state index contributed by atoms with van der Waals surface area (Å²) in [5.74, 6) is 0.369. The van der Waals surface area contributed by atoms with Crippen LogP contribution in [0.15, 0.2) is 21.2 Å². The van der Waals surface area contributed by atoms with Gasteiger partial charge in [-0.15, -0.1) is 12.4 Å². The Morgan fingerprint density at radius 2 is 2.41 bits per heavy atom. The largest absolute Gasteiger partial charge is 0.458 e. The summed E-state index contributed by atoms with van der Waals surface area (Å²) in [6, 6.07) is 2.14. The third-order valence-corrected chi connectivity index (χ3v) is 3.55. The summed E-state index contributed by atoms with van der Waals surface area (Å²) < 4.78 is 5.92. The summed E-state index contributed by atoms with van der Waals surface area (Å²) in [4.78, 5) is 14.0. The maximum atomic E-state index is 12.1. The molecule has 0 radical (unpaired) electrons. The van der Waals surface area contributed by atoms with Crippen molar-refractivity contribution in [1.29, 1.82) is 0 Å². The van der Waals surface area contributed by atoms with Gasteiger partial charge in [0.05, 0.1) is 10.7 Å². The van der Waals surface area contributed by atoms with Gasteiger partial charge in [-0.05, 0) is 41.9 Å². The van der Waals surface area contributed by atoms with Gasteiger partial charge in [-0.2, -0.15) is 0 Å². The lowest BCUT2D eigenvalue weighted by Gasteiger charge is -2.32. The molecule has 1 aromatic rings. The molecule has 2 rings (SSSR count). The highest BCUT2D eigenvalue weighted by Gasteiger charge is 2.26. The van der Waals surface area contributed by atoms with E-state index in [0.29, 0.717) is 11.8 Å². The van der Waals surface area contributed by atoms with Gasteiger partial charge in [-0.1, -0.05) is 0 Å². The van der Waals surface area contributed by atoms with Crippen molar-refractivity contribution < 1.29 is 9.21 Å². The Labute approximate surface area is 115 Å². The van der Waals surface area contributed by atoms with Crippen LogP contribution in [0.25, 0.3) is 0 Å². The second-order valence-electron chi connectivity index (χ2n) is 3.98. The van der Waals surface area contributed by atoms with Gasteiger partial charge in [0, 0.05) is 19.1 Å². The molecule has 0 bridgehead atoms. The molecule has 4 nitrogen and oxygen atoms in total. The van der Waals surface area contributed by atoms with Crippen LogP contribution in [-0.2, 0) is 0 Å². The molecule has 1 aromatic heterocycles. The van der Waals surface area contributed by atoms with Crippen molar-refractivity contribution in [3.63, 3.8) is 0 Å². The number of carbonyl (C=O) groups excluding carboxylic acids is 1. The van der Waals surface area contributed by atoms with Crippen LogP contribution in [0.3, 0.4) is 0 Å². The van der Waals surface area contributed by atoms with E-state index < -0.39 is 0 Å². The summed E-state index contributed by atoms with van der Waals surface area (Å²) in [6.45, 7) is 1.56. The highest BCUT2D eigenvalue weighted by atomic mass is 79.9. The Morgan fingerprint density at radius 3 is 3.00 bits per heavy atom. The van der Waals surface area contributed by atoms with Crippen LogP contribution in [0.2, 0.25) is 0 Å². The minimum atomic E-state index is -0.0307. The summed E-state index contributed by atoms with van der Waals surface area (Å²) in [6.07, 6.45) is 3.69. The molecule has 1 N–H and O–H groups in total. The third-order valence-electron chi connectivity index (χ3n) is 2.93. The zero-order chi connectivity index (χ0) is 11.5. The number of rotatable bonds is 2. The lowest BCUT2D eigenvalue weighted by Crippen LogP contribution is -2.46. The number of hydrogen-bond donors (Lipinski definition) is 1. The first-order valence-electron chi connectivity index (χ1n) is 5.42. The number of hydrogen-bond acceptors (Lipinski definition) is 3. The number of piperidine rings is 1. The zero-order valence-corrected chi connectivity index (χ0v) is 12.0. The van der Waals surface area contributed by atoms with Crippen molar-refractivity contribution >= 4 is 34.2 Å². The average molecular weight is 324 g/mol. The molecule has 17 heavy (non-hydrogen) atoms. The third kappa shape index (κ3) is 3.24. The van der Waals surface area contributed by atoms with Crippen LogP contribution >= 0.6 is 28.3 Å². The SMILES string of the molecule is CNC1CCCN(C(=O)c2occc2Br)C1.Cl. The average Bonchev–Trinajstić information content (AvgIpc) is 2.74. The van der Waals surface area contributed by atoms with Crippen LogP contribution < -0.4 is 5.32 Å². The Kier molecular flexibility index (Phi) is 5.49. The van der Waals surface area contributed by atoms with Gasteiger partial charge in [0.2, 0.25) is 5.76 Å². The molecule has 2 heterocycles. The normalized spacial score (nSPS) is 19.9. The van der Waals surface area contributed by atoms with Crippen molar-refractivity contribution in [3.05, 3.63) is 22.6 Å². The van der Waals surface area contributed by atoms with Crippen LogP contribution in [0.1, 0.15) is 23.4 Å². The molecule has 1 amide bonds. The number of likely N-dealkylation sites (tertiary alicyclic amines) is 1. The lowest BCUT2D eigenvalue weighted by atomic mass is 10.1. The predicted octanol–water partition coefficient (Wildman–Crippen LogP) is 2.29. The van der Waals surface area contributed by atoms with E-state index in [-0.39, 0.29) is 18.3 Å². The minimum absolute atomic E-state index is 0. The van der Waals surface area contributed by atoms with E-state index in [1.165, 1.54) is 6.26 Å². The summed E-state index contributed by atoms with van der Waals surface area (Å²) >= 11 is 3.31. The number of furan rings is 1. The second kappa shape index (κ2) is 6.42. The maximum absolute atomic E-state index is 12.1. The molecule has 1 aliphatic heterocycles. The number of nitrogens with one attached hydrogen (secondary N) is 1. The van der Waals surface area contributed by atoms with E-state index in [4.69, 9.17) is 4.42 Å². The summed E-state index contributed by atoms with van der Waals surface area (Å²) in [7, 11) is 1.93. The van der Waals surface area contributed by atoms with Crippen molar-refractivity contribution in [3.8, 4) is 0 Å². The molecule has 6 heteroatoms. The molecule has 1 atom stereocenters. The Bertz CT molecular complexity index is 383. The smallest absolute Gasteiger partial charge is 0.290 e. The molecule has 1 aliphatic rings. The number of likely N-dealkylation sites (N-methyl/N-ethyl adjacent to an activating group) is 1. The van der Waals surface area contributed by atoms with Gasteiger partial charge in [0.1, 0.15) is 0 Å². The predicted molar refractivity (Wildman–Crippen MR) is 71.6 cm³/mol. The topological polar surface area (TPSA) is 45.5 Å². The van der Waals surface area contributed by atoms with Crippen molar-refractivity contribution in [2.45, 2.75) is 18.9 Å². The number of carbonyl (C=O) groups is 1. The zero-order valence-electron chi connectivity index (χ0n) is 9.61. The summed E-state index contributed by atoms with van der Waals surface area (Å²) in [5.41, 5.74) is 0. The Hall–Kier alpha value is -0.520. The van der Waals surface area contributed by atoms with Gasteiger partial charge >= 0.3 is 0 Å². The van der Waals surface area contributed by atoms with Gasteiger partial charge in [0.25, 0.3) is 5.91 Å². The van der Waals surface area contributed by atoms with Gasteiger partial charge < -0.3 is 14.6 Å². The van der Waals surface area contributed by atoms with Gasteiger partial charge in [-0.3, -0.25) is 4.79 Å². The standard InChI is InChI=1S/C11H15BrN2O2.ClH/c1-13-8-3-2-5-14(7-8)11(15)10-9(12)4-6-16-10;/h4,6,8,13H,2-3,5,7H2,1H3;1H. The fourth-order valence-corrected chi connectivity index (χ4v) is 2.36. The quantitative estimate of drug-likeness (QED) is 0.908. The molecule has 1 fully saturated rings. The van der Waals surface area contributed by atoms with E-state index in [1.54, 1.807) is 6.07 Å². The van der Waals surface area contributed by atoms with Crippen LogP contribution in [-0.4, -0.2) is 37.0 Å². The van der Waals surface area contributed by atoms with Gasteiger partial charge in [0.15, 0.2) is 0 Å². The monoisotopic (exact) mass is 322 g/mol. The van der Waals surface area contributed by atoms with E-state index in [0.717, 1.165) is 30.4 Å². The highest BCUT2D eigenvalue weighted by molar-refractivity contribution is 9.10. The van der Waals surface area contributed by atoms with Crippen LogP contribution in [0.5, 0.6) is 0 Å². The van der Waals surface area contributed by atoms with E-state index in [2.05, 4.69) is 21.2 Å². The molecular weight excluding hydrogens is 307 g/mol. The molecule has 0 spiro atoms. The first-order valence-corrected chi connectivity index (χ1v) is 6.21. The fraction of sp³-hybridized carbons (Fsp3) is 0.545. The lowest BCUT2D eigenvalue weighted by molar-refractivity contribution is 0.0665. The Morgan fingerprint density at radius 1 is 1.65 bits per heavy atom. The van der Waals surface area contributed by atoms with E-state index in [1.807, 2.05) is 11.9 Å². The van der Waals surface area contributed by atoms with Gasteiger partial charge in [-0.25, -0.2) is 0 Å². The minimum Gasteiger partial charge on any atom is -0.458 e.